The van der Waals surface area contributed by atoms with Gasteiger partial charge in [-0.3, -0.25) is 0 Å². The molecular weight excluding hydrogens is 717 g/mol. The molecule has 4 nitrogen and oxygen atoms in total. The lowest BCUT2D eigenvalue weighted by Gasteiger charge is -2.64. The number of anilines is 3. The Kier molecular flexibility index (Phi) is 8.01. The SMILES string of the molecule is c1ccc(-c2cccc(-c3nc(-c4cccc(-c5ccccc5)c4)nc(-c4ccc5c(c4)N(c4ccccc4)c4ccccc4C54C5CC6CC(C5)CC4C6)n3)c2)cc1. The van der Waals surface area contributed by atoms with Crippen molar-refractivity contribution >= 4 is 17.1 Å². The van der Waals surface area contributed by atoms with E-state index in [2.05, 4.69) is 187 Å². The van der Waals surface area contributed by atoms with Crippen molar-refractivity contribution in [2.75, 3.05) is 4.90 Å². The lowest BCUT2D eigenvalue weighted by atomic mass is 9.41. The Labute approximate surface area is 346 Å². The number of fused-ring (bicyclic) bond motifs is 2. The van der Waals surface area contributed by atoms with Crippen molar-refractivity contribution in [3.63, 3.8) is 0 Å². The van der Waals surface area contributed by atoms with Crippen LogP contribution in [0.25, 0.3) is 56.4 Å². The van der Waals surface area contributed by atoms with Crippen molar-refractivity contribution in [2.24, 2.45) is 23.7 Å². The largest absolute Gasteiger partial charge is 0.310 e. The summed E-state index contributed by atoms with van der Waals surface area (Å²) in [5, 5.41) is 0. The smallest absolute Gasteiger partial charge is 0.164 e. The molecule has 0 saturated heterocycles. The summed E-state index contributed by atoms with van der Waals surface area (Å²) >= 11 is 0. The van der Waals surface area contributed by atoms with Gasteiger partial charge < -0.3 is 4.90 Å². The Hall–Kier alpha value is -6.65. The minimum Gasteiger partial charge on any atom is -0.310 e. The molecule has 0 N–H and O–H groups in total. The average Bonchev–Trinajstić information content (AvgIpc) is 3.30. The molecule has 0 radical (unpaired) electrons. The minimum atomic E-state index is -0.00562. The van der Waals surface area contributed by atoms with Crippen LogP contribution in [0.2, 0.25) is 0 Å². The summed E-state index contributed by atoms with van der Waals surface area (Å²) in [4.78, 5) is 18.4. The van der Waals surface area contributed by atoms with E-state index in [0.717, 1.165) is 50.8 Å². The van der Waals surface area contributed by atoms with E-state index in [-0.39, 0.29) is 5.41 Å². The van der Waals surface area contributed by atoms with E-state index >= 15 is 0 Å². The Morgan fingerprint density at radius 1 is 0.356 bits per heavy atom. The molecule has 59 heavy (non-hydrogen) atoms. The molecule has 13 rings (SSSR count). The van der Waals surface area contributed by atoms with Gasteiger partial charge in [-0.15, -0.1) is 0 Å². The van der Waals surface area contributed by atoms with Crippen molar-refractivity contribution < 1.29 is 0 Å². The summed E-state index contributed by atoms with van der Waals surface area (Å²) < 4.78 is 0. The minimum absolute atomic E-state index is 0.00562. The Bertz CT molecular complexity index is 2720. The van der Waals surface area contributed by atoms with Crippen molar-refractivity contribution in [3.8, 4) is 56.4 Å². The van der Waals surface area contributed by atoms with Gasteiger partial charge in [0, 0.05) is 27.8 Å². The predicted molar refractivity (Wildman–Crippen MR) is 240 cm³/mol. The van der Waals surface area contributed by atoms with Crippen LogP contribution < -0.4 is 4.90 Å². The first-order valence-corrected chi connectivity index (χ1v) is 21.4. The predicted octanol–water partition coefficient (Wildman–Crippen LogP) is 13.7. The number of aromatic nitrogens is 3. The summed E-state index contributed by atoms with van der Waals surface area (Å²) in [6, 6.07) is 65.7. The van der Waals surface area contributed by atoms with E-state index in [1.807, 2.05) is 0 Å². The second kappa shape index (κ2) is 13.7. The quantitative estimate of drug-likeness (QED) is 0.169. The summed E-state index contributed by atoms with van der Waals surface area (Å²) in [7, 11) is 0. The molecule has 5 aliphatic rings. The standard InChI is InChI=1S/C55H44N4/c1-4-14-38(15-5-1)40-18-12-20-42(33-40)52-56-53(43-21-13-19-41(34-43)39-16-6-2-7-17-39)58-54(57-52)44-26-27-49-51(35-44)59(47-22-8-3-9-23-47)50-25-11-10-24-48(50)55(49)45-29-36-28-37(31-45)32-46(55)30-36/h1-27,33-37,45-46H,28-32H2. The molecule has 2 heterocycles. The average molecular weight is 761 g/mol. The van der Waals surface area contributed by atoms with Crippen LogP contribution in [0.1, 0.15) is 43.2 Å². The molecule has 4 heteroatoms. The lowest BCUT2D eigenvalue weighted by Crippen LogP contribution is -2.57. The topological polar surface area (TPSA) is 41.9 Å². The highest BCUT2D eigenvalue weighted by Crippen LogP contribution is 2.69. The molecule has 4 bridgehead atoms. The molecule has 0 amide bonds. The molecule has 4 aliphatic carbocycles. The molecule has 7 aromatic carbocycles. The van der Waals surface area contributed by atoms with Crippen molar-refractivity contribution in [1.29, 1.82) is 0 Å². The normalized spacial score (nSPS) is 22.3. The molecular formula is C55H44N4. The van der Waals surface area contributed by atoms with Gasteiger partial charge in [-0.2, -0.15) is 0 Å². The van der Waals surface area contributed by atoms with Crippen LogP contribution in [0.5, 0.6) is 0 Å². The van der Waals surface area contributed by atoms with E-state index in [0.29, 0.717) is 29.3 Å². The third-order valence-corrected chi connectivity index (χ3v) is 14.1. The molecule has 1 aromatic heterocycles. The summed E-state index contributed by atoms with van der Waals surface area (Å²) in [6.45, 7) is 0. The second-order valence-electron chi connectivity index (χ2n) is 17.3. The van der Waals surface area contributed by atoms with Crippen molar-refractivity contribution in [1.82, 2.24) is 15.0 Å². The van der Waals surface area contributed by atoms with E-state index < -0.39 is 0 Å². The van der Waals surface area contributed by atoms with E-state index in [1.165, 1.54) is 60.3 Å². The maximum Gasteiger partial charge on any atom is 0.164 e. The van der Waals surface area contributed by atoms with Gasteiger partial charge in [-0.25, -0.2) is 15.0 Å². The molecule has 1 spiro atoms. The number of nitrogens with zero attached hydrogens (tertiary/aromatic N) is 4. The van der Waals surface area contributed by atoms with Crippen LogP contribution in [0, 0.1) is 23.7 Å². The first-order valence-electron chi connectivity index (χ1n) is 21.4. The number of para-hydroxylation sites is 2. The number of benzene rings is 7. The monoisotopic (exact) mass is 760 g/mol. The fourth-order valence-electron chi connectivity index (χ4n) is 11.9. The Morgan fingerprint density at radius 2 is 0.797 bits per heavy atom. The third-order valence-electron chi connectivity index (χ3n) is 14.1. The first kappa shape index (κ1) is 34.4. The number of rotatable bonds is 6. The molecule has 0 atom stereocenters. The molecule has 8 aromatic rings. The second-order valence-corrected chi connectivity index (χ2v) is 17.3. The van der Waals surface area contributed by atoms with Gasteiger partial charge in [0.1, 0.15) is 0 Å². The van der Waals surface area contributed by atoms with Gasteiger partial charge in [0.25, 0.3) is 0 Å². The highest BCUT2D eigenvalue weighted by atomic mass is 15.2. The van der Waals surface area contributed by atoms with Crippen LogP contribution in [0.3, 0.4) is 0 Å². The van der Waals surface area contributed by atoms with Crippen LogP contribution in [0.15, 0.2) is 182 Å². The fourth-order valence-corrected chi connectivity index (χ4v) is 11.9. The van der Waals surface area contributed by atoms with Crippen LogP contribution in [0.4, 0.5) is 17.1 Å². The highest BCUT2D eigenvalue weighted by Gasteiger charge is 2.61. The summed E-state index contributed by atoms with van der Waals surface area (Å²) in [5.41, 5.74) is 14.2. The van der Waals surface area contributed by atoms with Gasteiger partial charge >= 0.3 is 0 Å². The maximum atomic E-state index is 5.34. The molecule has 4 saturated carbocycles. The molecule has 284 valence electrons. The molecule has 0 unspecified atom stereocenters. The third kappa shape index (κ3) is 5.61. The summed E-state index contributed by atoms with van der Waals surface area (Å²) in [6.07, 6.45) is 6.76. The number of hydrogen-bond donors (Lipinski definition) is 0. The van der Waals surface area contributed by atoms with Crippen molar-refractivity contribution in [2.45, 2.75) is 37.5 Å². The Morgan fingerprint density at radius 3 is 1.36 bits per heavy atom. The Balaban J connectivity index is 1.07. The van der Waals surface area contributed by atoms with E-state index in [9.17, 15) is 0 Å². The van der Waals surface area contributed by atoms with Gasteiger partial charge in [0.15, 0.2) is 17.5 Å². The fraction of sp³-hybridized carbons (Fsp3) is 0.182. The maximum absolute atomic E-state index is 5.34. The van der Waals surface area contributed by atoms with Gasteiger partial charge in [0.05, 0.1) is 11.4 Å². The van der Waals surface area contributed by atoms with Crippen molar-refractivity contribution in [3.05, 3.63) is 193 Å². The van der Waals surface area contributed by atoms with Gasteiger partial charge in [-0.05, 0) is 126 Å². The lowest BCUT2D eigenvalue weighted by molar-refractivity contribution is -0.0419. The molecule has 4 fully saturated rings. The zero-order valence-corrected chi connectivity index (χ0v) is 33.0. The zero-order valence-electron chi connectivity index (χ0n) is 33.0. The van der Waals surface area contributed by atoms with Crippen LogP contribution in [-0.4, -0.2) is 15.0 Å². The number of hydrogen-bond acceptors (Lipinski definition) is 4. The summed E-state index contributed by atoms with van der Waals surface area (Å²) in [5.74, 6) is 5.02. The van der Waals surface area contributed by atoms with Crippen LogP contribution in [-0.2, 0) is 5.41 Å². The van der Waals surface area contributed by atoms with E-state index in [1.54, 1.807) is 0 Å². The van der Waals surface area contributed by atoms with Gasteiger partial charge in [0.2, 0.25) is 0 Å². The highest BCUT2D eigenvalue weighted by molar-refractivity contribution is 5.89. The van der Waals surface area contributed by atoms with E-state index in [4.69, 9.17) is 15.0 Å². The van der Waals surface area contributed by atoms with Gasteiger partial charge in [-0.1, -0.05) is 146 Å². The molecule has 1 aliphatic heterocycles. The first-order chi connectivity index (χ1) is 29.2. The zero-order chi connectivity index (χ0) is 38.9. The van der Waals surface area contributed by atoms with Crippen LogP contribution >= 0.6 is 0 Å².